The van der Waals surface area contributed by atoms with Crippen LogP contribution in [0.15, 0.2) is 18.2 Å². The summed E-state index contributed by atoms with van der Waals surface area (Å²) < 4.78 is 6.01. The molecule has 0 radical (unpaired) electrons. The fourth-order valence-corrected chi connectivity index (χ4v) is 4.35. The van der Waals surface area contributed by atoms with Gasteiger partial charge in [-0.3, -0.25) is 0 Å². The van der Waals surface area contributed by atoms with Gasteiger partial charge >= 0.3 is 0 Å². The highest BCUT2D eigenvalue weighted by atomic mass is 16.5. The molecule has 0 amide bonds. The van der Waals surface area contributed by atoms with Crippen molar-refractivity contribution in [2.45, 2.75) is 44.7 Å². The van der Waals surface area contributed by atoms with Crippen LogP contribution in [0.5, 0.6) is 5.75 Å². The van der Waals surface area contributed by atoms with E-state index in [9.17, 15) is 0 Å². The van der Waals surface area contributed by atoms with Gasteiger partial charge in [0, 0.05) is 24.2 Å². The molecule has 0 aromatic heterocycles. The van der Waals surface area contributed by atoms with E-state index in [4.69, 9.17) is 4.74 Å². The third-order valence-electron chi connectivity index (χ3n) is 5.57. The molecule has 0 saturated carbocycles. The van der Waals surface area contributed by atoms with E-state index in [1.165, 1.54) is 50.0 Å². The molecule has 0 aliphatic carbocycles. The molecule has 4 aliphatic heterocycles. The molecule has 0 spiro atoms. The van der Waals surface area contributed by atoms with Crippen molar-refractivity contribution in [3.63, 3.8) is 0 Å². The molecule has 2 atom stereocenters. The van der Waals surface area contributed by atoms with Gasteiger partial charge in [0.25, 0.3) is 0 Å². The molecule has 3 saturated heterocycles. The van der Waals surface area contributed by atoms with Crippen molar-refractivity contribution in [1.29, 1.82) is 0 Å². The summed E-state index contributed by atoms with van der Waals surface area (Å²) in [6.45, 7) is 6.88. The minimum Gasteiger partial charge on any atom is -0.493 e. The second kappa shape index (κ2) is 5.62. The molecule has 114 valence electrons. The van der Waals surface area contributed by atoms with Gasteiger partial charge in [-0.25, -0.2) is 0 Å². The maximum absolute atomic E-state index is 6.01. The van der Waals surface area contributed by atoms with Crippen molar-refractivity contribution in [2.24, 2.45) is 5.92 Å². The Bertz CT molecular complexity index is 508. The van der Waals surface area contributed by atoms with Crippen LogP contribution in [0, 0.1) is 12.8 Å². The first-order chi connectivity index (χ1) is 10.3. The Morgan fingerprint density at radius 2 is 2.05 bits per heavy atom. The summed E-state index contributed by atoms with van der Waals surface area (Å²) in [5.41, 5.74) is 2.65. The van der Waals surface area contributed by atoms with E-state index in [2.05, 4.69) is 35.3 Å². The molecule has 1 aromatic carbocycles. The standard InChI is InChI=1S/C18H26N2O/c1-13-4-2-5-15-16(6-3-11-21-18(13)15)19-17-12-20-9-7-14(17)8-10-20/h2,4-5,14,16-17,19H,3,6-12H2,1H3. The van der Waals surface area contributed by atoms with Crippen LogP contribution in [-0.4, -0.2) is 37.2 Å². The Morgan fingerprint density at radius 1 is 1.19 bits per heavy atom. The topological polar surface area (TPSA) is 24.5 Å². The molecular formula is C18H26N2O. The Morgan fingerprint density at radius 3 is 2.81 bits per heavy atom. The molecule has 4 heterocycles. The van der Waals surface area contributed by atoms with Crippen molar-refractivity contribution in [1.82, 2.24) is 10.2 Å². The normalized spacial score (nSPS) is 34.9. The molecule has 3 nitrogen and oxygen atoms in total. The lowest BCUT2D eigenvalue weighted by molar-refractivity contribution is 0.0663. The molecule has 3 heteroatoms. The van der Waals surface area contributed by atoms with Gasteiger partial charge in [0.05, 0.1) is 6.61 Å². The summed E-state index contributed by atoms with van der Waals surface area (Å²) in [5.74, 6) is 2.02. The largest absolute Gasteiger partial charge is 0.493 e. The minimum absolute atomic E-state index is 0.466. The lowest BCUT2D eigenvalue weighted by atomic mass is 9.83. The number of hydrogen-bond donors (Lipinski definition) is 1. The van der Waals surface area contributed by atoms with Gasteiger partial charge < -0.3 is 15.0 Å². The zero-order valence-corrected chi connectivity index (χ0v) is 13.0. The van der Waals surface area contributed by atoms with E-state index >= 15 is 0 Å². The number of aryl methyl sites for hydroxylation is 1. The van der Waals surface area contributed by atoms with Crippen molar-refractivity contribution < 1.29 is 4.74 Å². The fourth-order valence-electron chi connectivity index (χ4n) is 4.35. The van der Waals surface area contributed by atoms with Crippen LogP contribution in [0.4, 0.5) is 0 Å². The number of piperidine rings is 3. The van der Waals surface area contributed by atoms with Crippen LogP contribution in [0.25, 0.3) is 0 Å². The Labute approximate surface area is 127 Å². The molecule has 2 bridgehead atoms. The minimum atomic E-state index is 0.466. The maximum Gasteiger partial charge on any atom is 0.126 e. The average Bonchev–Trinajstić information content (AvgIpc) is 2.72. The van der Waals surface area contributed by atoms with E-state index in [0.717, 1.165) is 24.7 Å². The van der Waals surface area contributed by atoms with Gasteiger partial charge in [0.1, 0.15) is 5.75 Å². The summed E-state index contributed by atoms with van der Waals surface area (Å²) in [6, 6.07) is 7.73. The van der Waals surface area contributed by atoms with Gasteiger partial charge in [-0.15, -0.1) is 0 Å². The first kappa shape index (κ1) is 13.6. The molecule has 3 fully saturated rings. The van der Waals surface area contributed by atoms with Crippen molar-refractivity contribution >= 4 is 0 Å². The van der Waals surface area contributed by atoms with Gasteiger partial charge in [-0.2, -0.15) is 0 Å². The van der Waals surface area contributed by atoms with Gasteiger partial charge in [0.2, 0.25) is 0 Å². The first-order valence-electron chi connectivity index (χ1n) is 8.52. The van der Waals surface area contributed by atoms with Crippen molar-refractivity contribution in [3.8, 4) is 5.75 Å². The highest BCUT2D eigenvalue weighted by molar-refractivity contribution is 5.43. The number of para-hydroxylation sites is 1. The van der Waals surface area contributed by atoms with Crippen LogP contribution in [0.1, 0.15) is 42.9 Å². The number of fused-ring (bicyclic) bond motifs is 4. The van der Waals surface area contributed by atoms with Crippen LogP contribution in [0.3, 0.4) is 0 Å². The predicted molar refractivity (Wildman–Crippen MR) is 84.7 cm³/mol. The Balaban J connectivity index is 1.56. The van der Waals surface area contributed by atoms with Gasteiger partial charge in [-0.05, 0) is 57.2 Å². The quantitative estimate of drug-likeness (QED) is 0.905. The van der Waals surface area contributed by atoms with E-state index in [1.54, 1.807) is 0 Å². The second-order valence-corrected chi connectivity index (χ2v) is 6.95. The summed E-state index contributed by atoms with van der Waals surface area (Å²) >= 11 is 0. The van der Waals surface area contributed by atoms with E-state index in [-0.39, 0.29) is 0 Å². The molecule has 1 N–H and O–H groups in total. The second-order valence-electron chi connectivity index (χ2n) is 6.95. The van der Waals surface area contributed by atoms with Crippen LogP contribution < -0.4 is 10.1 Å². The summed E-state index contributed by atoms with van der Waals surface area (Å²) in [6.07, 6.45) is 5.09. The van der Waals surface area contributed by atoms with Gasteiger partial charge in [-0.1, -0.05) is 18.2 Å². The summed E-state index contributed by atoms with van der Waals surface area (Å²) in [7, 11) is 0. The number of ether oxygens (including phenoxy) is 1. The molecule has 2 unspecified atom stereocenters. The monoisotopic (exact) mass is 286 g/mol. The lowest BCUT2D eigenvalue weighted by Crippen LogP contribution is -2.56. The van der Waals surface area contributed by atoms with Crippen LogP contribution >= 0.6 is 0 Å². The zero-order valence-electron chi connectivity index (χ0n) is 13.0. The van der Waals surface area contributed by atoms with Gasteiger partial charge in [0.15, 0.2) is 0 Å². The maximum atomic E-state index is 6.01. The Kier molecular flexibility index (Phi) is 3.64. The molecular weight excluding hydrogens is 260 g/mol. The summed E-state index contributed by atoms with van der Waals surface area (Å²) in [5, 5.41) is 3.99. The van der Waals surface area contributed by atoms with E-state index in [0.29, 0.717) is 12.1 Å². The van der Waals surface area contributed by atoms with E-state index < -0.39 is 0 Å². The van der Waals surface area contributed by atoms with Crippen LogP contribution in [-0.2, 0) is 0 Å². The number of nitrogens with zero attached hydrogens (tertiary/aromatic N) is 1. The fraction of sp³-hybridized carbons (Fsp3) is 0.667. The highest BCUT2D eigenvalue weighted by Crippen LogP contribution is 2.36. The third-order valence-corrected chi connectivity index (χ3v) is 5.57. The molecule has 21 heavy (non-hydrogen) atoms. The predicted octanol–water partition coefficient (Wildman–Crippen LogP) is 2.89. The van der Waals surface area contributed by atoms with Crippen molar-refractivity contribution in [3.05, 3.63) is 29.3 Å². The third kappa shape index (κ3) is 2.58. The highest BCUT2D eigenvalue weighted by Gasteiger charge is 2.35. The summed E-state index contributed by atoms with van der Waals surface area (Å²) in [4.78, 5) is 2.63. The lowest BCUT2D eigenvalue weighted by Gasteiger charge is -2.46. The molecule has 5 rings (SSSR count). The van der Waals surface area contributed by atoms with E-state index in [1.807, 2.05) is 0 Å². The molecule has 1 aromatic rings. The molecule has 4 aliphatic rings. The smallest absolute Gasteiger partial charge is 0.126 e. The average molecular weight is 286 g/mol. The number of nitrogens with one attached hydrogen (secondary N) is 1. The number of rotatable bonds is 2. The SMILES string of the molecule is Cc1cccc2c1OCCCC2NC1CN2CCC1CC2. The van der Waals surface area contributed by atoms with Crippen molar-refractivity contribution in [2.75, 3.05) is 26.2 Å². The zero-order chi connectivity index (χ0) is 14.2. The first-order valence-corrected chi connectivity index (χ1v) is 8.52. The Hall–Kier alpha value is -1.06. The van der Waals surface area contributed by atoms with Crippen LogP contribution in [0.2, 0.25) is 0 Å². The number of hydrogen-bond acceptors (Lipinski definition) is 3. The number of benzene rings is 1.